The molecule has 2 heterocycles. The summed E-state index contributed by atoms with van der Waals surface area (Å²) < 4.78 is 11.8. The van der Waals surface area contributed by atoms with Crippen LogP contribution in [0.5, 0.6) is 11.5 Å². The zero-order valence-electron chi connectivity index (χ0n) is 18.5. The van der Waals surface area contributed by atoms with Crippen LogP contribution in [0, 0.1) is 0 Å². The highest BCUT2D eigenvalue weighted by Gasteiger charge is 2.20. The van der Waals surface area contributed by atoms with E-state index in [2.05, 4.69) is 9.97 Å². The number of rotatable bonds is 11. The number of aromatic nitrogens is 2. The lowest BCUT2D eigenvalue weighted by Gasteiger charge is -2.30. The molecule has 32 heavy (non-hydrogen) atoms. The number of fused-ring (bicyclic) bond motifs is 2. The standard InChI is InChI=1S/C25H31N3O4/c1-17(2)28(13-18(29)15-31-24-7-3-5-22-20(24)9-11-26-22)14-19(30)16-32-25-8-4-6-23-21(25)10-12-27-23/h3-12,17-19,26-27,29-30H,13-16H2,1-2H3. The molecule has 2 aromatic heterocycles. The van der Waals surface area contributed by atoms with Crippen LogP contribution >= 0.6 is 0 Å². The molecule has 0 radical (unpaired) electrons. The van der Waals surface area contributed by atoms with E-state index >= 15 is 0 Å². The molecule has 0 aliphatic rings. The van der Waals surface area contributed by atoms with Crippen molar-refractivity contribution in [2.24, 2.45) is 0 Å². The monoisotopic (exact) mass is 437 g/mol. The number of nitrogens with zero attached hydrogens (tertiary/aromatic N) is 1. The maximum Gasteiger partial charge on any atom is 0.128 e. The van der Waals surface area contributed by atoms with Gasteiger partial charge in [-0.1, -0.05) is 12.1 Å². The van der Waals surface area contributed by atoms with Crippen molar-refractivity contribution in [3.8, 4) is 11.5 Å². The van der Waals surface area contributed by atoms with Gasteiger partial charge in [0.25, 0.3) is 0 Å². The van der Waals surface area contributed by atoms with Crippen molar-refractivity contribution in [2.45, 2.75) is 32.1 Å². The lowest BCUT2D eigenvalue weighted by Crippen LogP contribution is -2.45. The van der Waals surface area contributed by atoms with E-state index in [4.69, 9.17) is 9.47 Å². The molecule has 4 N–H and O–H groups in total. The predicted octanol–water partition coefficient (Wildman–Crippen LogP) is 3.54. The first-order valence-electron chi connectivity index (χ1n) is 11.0. The second kappa shape index (κ2) is 10.1. The summed E-state index contributed by atoms with van der Waals surface area (Å²) in [5.74, 6) is 1.48. The van der Waals surface area contributed by atoms with Gasteiger partial charge in [0.05, 0.1) is 0 Å². The third-order valence-electron chi connectivity index (χ3n) is 5.59. The van der Waals surface area contributed by atoms with E-state index in [1.54, 1.807) is 0 Å². The number of aromatic amines is 2. The summed E-state index contributed by atoms with van der Waals surface area (Å²) in [7, 11) is 0. The highest BCUT2D eigenvalue weighted by atomic mass is 16.5. The summed E-state index contributed by atoms with van der Waals surface area (Å²) in [5.41, 5.74) is 2.00. The van der Waals surface area contributed by atoms with Crippen LogP contribution in [0.4, 0.5) is 0 Å². The maximum absolute atomic E-state index is 10.6. The first-order valence-corrected chi connectivity index (χ1v) is 11.0. The van der Waals surface area contributed by atoms with Crippen molar-refractivity contribution in [3.05, 3.63) is 60.9 Å². The van der Waals surface area contributed by atoms with Crippen molar-refractivity contribution in [3.63, 3.8) is 0 Å². The molecule has 0 aliphatic carbocycles. The average Bonchev–Trinajstić information content (AvgIpc) is 3.45. The Hall–Kier alpha value is -3.00. The third kappa shape index (κ3) is 5.24. The Morgan fingerprint density at radius 1 is 0.750 bits per heavy atom. The normalized spacial score (nSPS) is 13.8. The Morgan fingerprint density at radius 3 is 1.66 bits per heavy atom. The van der Waals surface area contributed by atoms with Crippen LogP contribution in [-0.2, 0) is 0 Å². The first-order chi connectivity index (χ1) is 15.5. The predicted molar refractivity (Wildman–Crippen MR) is 126 cm³/mol. The molecule has 0 aliphatic heterocycles. The molecule has 2 unspecified atom stereocenters. The second-order valence-corrected chi connectivity index (χ2v) is 8.37. The second-order valence-electron chi connectivity index (χ2n) is 8.37. The third-order valence-corrected chi connectivity index (χ3v) is 5.59. The minimum atomic E-state index is -0.687. The molecular weight excluding hydrogens is 406 g/mol. The van der Waals surface area contributed by atoms with E-state index in [9.17, 15) is 10.2 Å². The van der Waals surface area contributed by atoms with Gasteiger partial charge >= 0.3 is 0 Å². The summed E-state index contributed by atoms with van der Waals surface area (Å²) in [5, 5.41) is 23.1. The van der Waals surface area contributed by atoms with Crippen molar-refractivity contribution >= 4 is 21.8 Å². The number of nitrogens with one attached hydrogen (secondary N) is 2. The summed E-state index contributed by atoms with van der Waals surface area (Å²) >= 11 is 0. The fourth-order valence-corrected chi connectivity index (χ4v) is 3.88. The van der Waals surface area contributed by atoms with E-state index in [0.717, 1.165) is 33.3 Å². The van der Waals surface area contributed by atoms with Gasteiger partial charge in [0.15, 0.2) is 0 Å². The number of aliphatic hydroxyl groups is 2. The van der Waals surface area contributed by atoms with Crippen molar-refractivity contribution in [1.82, 2.24) is 14.9 Å². The van der Waals surface area contributed by atoms with Crippen LogP contribution in [0.2, 0.25) is 0 Å². The number of hydrogen-bond donors (Lipinski definition) is 4. The molecule has 0 saturated heterocycles. The Morgan fingerprint density at radius 2 is 1.22 bits per heavy atom. The van der Waals surface area contributed by atoms with Gasteiger partial charge in [-0.25, -0.2) is 0 Å². The van der Waals surface area contributed by atoms with Crippen molar-refractivity contribution in [2.75, 3.05) is 26.3 Å². The minimum absolute atomic E-state index is 0.153. The summed E-state index contributed by atoms with van der Waals surface area (Å²) in [6.07, 6.45) is 2.37. The van der Waals surface area contributed by atoms with Crippen molar-refractivity contribution in [1.29, 1.82) is 0 Å². The largest absolute Gasteiger partial charge is 0.490 e. The van der Waals surface area contributed by atoms with Gasteiger partial charge in [-0.05, 0) is 50.2 Å². The Balaban J connectivity index is 1.29. The van der Waals surface area contributed by atoms with Crippen LogP contribution in [0.25, 0.3) is 21.8 Å². The number of hydrogen-bond acceptors (Lipinski definition) is 5. The van der Waals surface area contributed by atoms with E-state index in [0.29, 0.717) is 13.1 Å². The number of ether oxygens (including phenoxy) is 2. The molecule has 0 spiro atoms. The van der Waals surface area contributed by atoms with E-state index in [-0.39, 0.29) is 19.3 Å². The van der Waals surface area contributed by atoms with Crippen LogP contribution in [-0.4, -0.2) is 69.6 Å². The Labute approximate surface area is 187 Å². The smallest absolute Gasteiger partial charge is 0.128 e. The molecule has 2 atom stereocenters. The number of H-pyrrole nitrogens is 2. The number of aliphatic hydroxyl groups excluding tert-OH is 2. The van der Waals surface area contributed by atoms with Crippen LogP contribution in [0.15, 0.2) is 60.9 Å². The first kappa shape index (κ1) is 22.2. The minimum Gasteiger partial charge on any atom is -0.490 e. The molecule has 0 bridgehead atoms. The Kier molecular flexibility index (Phi) is 6.99. The molecule has 170 valence electrons. The van der Waals surface area contributed by atoms with E-state index in [1.807, 2.05) is 79.7 Å². The van der Waals surface area contributed by atoms with Gasteiger partial charge in [-0.15, -0.1) is 0 Å². The highest BCUT2D eigenvalue weighted by Crippen LogP contribution is 2.25. The van der Waals surface area contributed by atoms with Crippen molar-refractivity contribution < 1.29 is 19.7 Å². The average molecular weight is 438 g/mol. The summed E-state index contributed by atoms with van der Waals surface area (Å²) in [6, 6.07) is 15.7. The van der Waals surface area contributed by atoms with E-state index < -0.39 is 12.2 Å². The molecule has 2 aromatic carbocycles. The molecule has 7 heteroatoms. The zero-order valence-corrected chi connectivity index (χ0v) is 18.5. The molecule has 4 aromatic rings. The summed E-state index contributed by atoms with van der Waals surface area (Å²) in [6.45, 7) is 5.23. The molecule has 4 rings (SSSR count). The summed E-state index contributed by atoms with van der Waals surface area (Å²) in [4.78, 5) is 8.35. The van der Waals surface area contributed by atoms with Gasteiger partial charge in [0.2, 0.25) is 0 Å². The fourth-order valence-electron chi connectivity index (χ4n) is 3.88. The van der Waals surface area contributed by atoms with Crippen LogP contribution in [0.1, 0.15) is 13.8 Å². The topological polar surface area (TPSA) is 93.7 Å². The van der Waals surface area contributed by atoms with Gasteiger partial charge in [0.1, 0.15) is 36.9 Å². The quantitative estimate of drug-likeness (QED) is 0.288. The lowest BCUT2D eigenvalue weighted by molar-refractivity contribution is 0.0200. The van der Waals surface area contributed by atoms with E-state index in [1.165, 1.54) is 0 Å². The molecular formula is C25H31N3O4. The van der Waals surface area contributed by atoms with Gasteiger partial charge in [-0.2, -0.15) is 0 Å². The Bertz CT molecular complexity index is 1050. The molecule has 0 amide bonds. The SMILES string of the molecule is CC(C)N(CC(O)COc1cccc2[nH]ccc12)CC(O)COc1cccc2[nH]ccc12. The molecule has 7 nitrogen and oxygen atoms in total. The number of benzene rings is 2. The van der Waals surface area contributed by atoms with Crippen LogP contribution in [0.3, 0.4) is 0 Å². The molecule has 0 fully saturated rings. The van der Waals surface area contributed by atoms with Gasteiger partial charge in [0, 0.05) is 53.3 Å². The molecule has 0 saturated carbocycles. The van der Waals surface area contributed by atoms with Gasteiger partial charge < -0.3 is 29.7 Å². The highest BCUT2D eigenvalue weighted by molar-refractivity contribution is 5.86. The fraction of sp³-hybridized carbons (Fsp3) is 0.360. The van der Waals surface area contributed by atoms with Crippen LogP contribution < -0.4 is 9.47 Å². The van der Waals surface area contributed by atoms with Gasteiger partial charge in [-0.3, -0.25) is 4.90 Å². The zero-order chi connectivity index (χ0) is 22.5. The lowest BCUT2D eigenvalue weighted by atomic mass is 10.2. The maximum atomic E-state index is 10.6.